The minimum Gasteiger partial charge on any atom is -0.496 e. The third kappa shape index (κ3) is 3.02. The zero-order valence-corrected chi connectivity index (χ0v) is 14.1. The zero-order chi connectivity index (χ0) is 17.2. The van der Waals surface area contributed by atoms with Gasteiger partial charge in [0.2, 0.25) is 0 Å². The first-order valence-corrected chi connectivity index (χ1v) is 8.42. The number of hydrogen-bond acceptors (Lipinski definition) is 5. The summed E-state index contributed by atoms with van der Waals surface area (Å²) in [5, 5.41) is 4.90. The molecule has 0 radical (unpaired) electrons. The molecular weight excluding hydrogens is 320 g/mol. The molecule has 4 rings (SSSR count). The Labute approximate surface area is 144 Å². The van der Waals surface area contributed by atoms with Crippen molar-refractivity contribution in [2.24, 2.45) is 0 Å². The summed E-state index contributed by atoms with van der Waals surface area (Å²) in [7, 11) is 1.64. The van der Waals surface area contributed by atoms with Crippen LogP contribution < -0.4 is 10.3 Å². The third-order valence-corrected chi connectivity index (χ3v) is 4.55. The van der Waals surface area contributed by atoms with Crippen molar-refractivity contribution in [2.75, 3.05) is 20.3 Å². The first-order chi connectivity index (χ1) is 12.3. The molecule has 2 aromatic heterocycles. The highest BCUT2D eigenvalue weighted by Crippen LogP contribution is 2.23. The van der Waals surface area contributed by atoms with E-state index in [-0.39, 0.29) is 11.6 Å². The number of H-pyrrole nitrogens is 1. The summed E-state index contributed by atoms with van der Waals surface area (Å²) in [6.07, 6.45) is 4.04. The van der Waals surface area contributed by atoms with Crippen LogP contribution in [0.1, 0.15) is 30.3 Å². The Hall–Kier alpha value is -2.67. The predicted octanol–water partition coefficient (Wildman–Crippen LogP) is 2.07. The van der Waals surface area contributed by atoms with Gasteiger partial charge in [-0.3, -0.25) is 4.79 Å². The van der Waals surface area contributed by atoms with Gasteiger partial charge in [0, 0.05) is 18.6 Å². The average Bonchev–Trinajstić information content (AvgIpc) is 3.07. The average molecular weight is 340 g/mol. The fourth-order valence-electron chi connectivity index (χ4n) is 3.28. The van der Waals surface area contributed by atoms with Crippen LogP contribution >= 0.6 is 0 Å². The minimum atomic E-state index is -0.169. The lowest BCUT2D eigenvalue weighted by Gasteiger charge is -2.22. The smallest absolute Gasteiger partial charge is 0.262 e. The van der Waals surface area contributed by atoms with Crippen molar-refractivity contribution in [1.82, 2.24) is 19.7 Å². The lowest BCUT2D eigenvalue weighted by Crippen LogP contribution is -2.23. The van der Waals surface area contributed by atoms with Crippen molar-refractivity contribution >= 4 is 11.0 Å². The molecule has 1 aliphatic rings. The van der Waals surface area contributed by atoms with Crippen LogP contribution in [0.2, 0.25) is 0 Å². The van der Waals surface area contributed by atoms with Crippen molar-refractivity contribution in [1.29, 1.82) is 0 Å². The molecule has 3 aromatic rings. The number of fused-ring (bicyclic) bond motifs is 1. The molecule has 1 aliphatic heterocycles. The minimum absolute atomic E-state index is 0.125. The third-order valence-electron chi connectivity index (χ3n) is 4.55. The SMILES string of the molecule is COc1ccccc1Cc1nc2c(cnn2C2CCCOC2)c(=O)[nH]1. The summed E-state index contributed by atoms with van der Waals surface area (Å²) in [5.74, 6) is 1.37. The number of nitrogens with one attached hydrogen (secondary N) is 1. The van der Waals surface area contributed by atoms with Gasteiger partial charge in [-0.2, -0.15) is 5.10 Å². The van der Waals surface area contributed by atoms with Gasteiger partial charge in [0.05, 0.1) is 26.0 Å². The Kier molecular flexibility index (Phi) is 4.23. The standard InChI is InChI=1S/C18H20N4O3/c1-24-15-7-3-2-5-12(15)9-16-20-17-14(18(23)21-16)10-19-22(17)13-6-4-8-25-11-13/h2-3,5,7,10,13H,4,6,8-9,11H2,1H3,(H,20,21,23). The summed E-state index contributed by atoms with van der Waals surface area (Å²) in [6.45, 7) is 1.38. The van der Waals surface area contributed by atoms with E-state index in [0.29, 0.717) is 29.9 Å². The summed E-state index contributed by atoms with van der Waals surface area (Å²) in [4.78, 5) is 20.0. The number of methoxy groups -OCH3 is 1. The summed E-state index contributed by atoms with van der Waals surface area (Å²) in [5.41, 5.74) is 1.42. The Balaban J connectivity index is 1.74. The van der Waals surface area contributed by atoms with E-state index in [0.717, 1.165) is 30.8 Å². The van der Waals surface area contributed by atoms with E-state index < -0.39 is 0 Å². The summed E-state index contributed by atoms with van der Waals surface area (Å²) < 4.78 is 12.8. The van der Waals surface area contributed by atoms with Gasteiger partial charge in [-0.25, -0.2) is 9.67 Å². The molecule has 3 heterocycles. The van der Waals surface area contributed by atoms with E-state index in [9.17, 15) is 4.79 Å². The molecular formula is C18H20N4O3. The Morgan fingerprint density at radius 2 is 2.28 bits per heavy atom. The van der Waals surface area contributed by atoms with Crippen molar-refractivity contribution < 1.29 is 9.47 Å². The highest BCUT2D eigenvalue weighted by Gasteiger charge is 2.21. The molecule has 7 heteroatoms. The number of rotatable bonds is 4. The van der Waals surface area contributed by atoms with E-state index in [1.165, 1.54) is 0 Å². The van der Waals surface area contributed by atoms with Crippen molar-refractivity contribution in [2.45, 2.75) is 25.3 Å². The van der Waals surface area contributed by atoms with Crippen LogP contribution in [-0.2, 0) is 11.2 Å². The van der Waals surface area contributed by atoms with Crippen molar-refractivity contribution in [3.05, 3.63) is 52.2 Å². The molecule has 1 aromatic carbocycles. The topological polar surface area (TPSA) is 82.0 Å². The van der Waals surface area contributed by atoms with Gasteiger partial charge in [-0.15, -0.1) is 0 Å². The van der Waals surface area contributed by atoms with Gasteiger partial charge < -0.3 is 14.5 Å². The van der Waals surface area contributed by atoms with Crippen molar-refractivity contribution in [3.8, 4) is 5.75 Å². The van der Waals surface area contributed by atoms with Crippen molar-refractivity contribution in [3.63, 3.8) is 0 Å². The number of aromatic amines is 1. The Morgan fingerprint density at radius 3 is 3.08 bits per heavy atom. The normalized spacial score (nSPS) is 17.7. The van der Waals surface area contributed by atoms with Crippen LogP contribution in [0.5, 0.6) is 5.75 Å². The number of nitrogens with zero attached hydrogens (tertiary/aromatic N) is 3. The lowest BCUT2D eigenvalue weighted by molar-refractivity contribution is 0.0563. The predicted molar refractivity (Wildman–Crippen MR) is 93.0 cm³/mol. The second-order valence-electron chi connectivity index (χ2n) is 6.20. The number of benzene rings is 1. The molecule has 7 nitrogen and oxygen atoms in total. The largest absolute Gasteiger partial charge is 0.496 e. The molecule has 25 heavy (non-hydrogen) atoms. The first kappa shape index (κ1) is 15.8. The second kappa shape index (κ2) is 6.68. The maximum atomic E-state index is 12.4. The van der Waals surface area contributed by atoms with Gasteiger partial charge >= 0.3 is 0 Å². The van der Waals surface area contributed by atoms with E-state index >= 15 is 0 Å². The van der Waals surface area contributed by atoms with E-state index in [1.54, 1.807) is 13.3 Å². The monoisotopic (exact) mass is 340 g/mol. The number of aromatic nitrogens is 4. The van der Waals surface area contributed by atoms with Crippen LogP contribution in [0.4, 0.5) is 0 Å². The van der Waals surface area contributed by atoms with Crippen LogP contribution in [-0.4, -0.2) is 40.1 Å². The Morgan fingerprint density at radius 1 is 1.40 bits per heavy atom. The molecule has 1 N–H and O–H groups in total. The summed E-state index contributed by atoms with van der Waals surface area (Å²) in [6, 6.07) is 7.85. The van der Waals surface area contributed by atoms with E-state index in [2.05, 4.69) is 15.1 Å². The number of para-hydroxylation sites is 1. The maximum absolute atomic E-state index is 12.4. The molecule has 1 atom stereocenters. The molecule has 130 valence electrons. The fraction of sp³-hybridized carbons (Fsp3) is 0.389. The lowest BCUT2D eigenvalue weighted by atomic mass is 10.1. The summed E-state index contributed by atoms with van der Waals surface area (Å²) >= 11 is 0. The van der Waals surface area contributed by atoms with Crippen LogP contribution in [0.15, 0.2) is 35.3 Å². The van der Waals surface area contributed by atoms with Gasteiger partial charge in [-0.05, 0) is 18.9 Å². The first-order valence-electron chi connectivity index (χ1n) is 8.42. The number of ether oxygens (including phenoxy) is 2. The van der Waals surface area contributed by atoms with Crippen LogP contribution in [0, 0.1) is 0 Å². The Bertz CT molecular complexity index is 941. The van der Waals surface area contributed by atoms with Crippen LogP contribution in [0.3, 0.4) is 0 Å². The molecule has 1 saturated heterocycles. The second-order valence-corrected chi connectivity index (χ2v) is 6.20. The number of hydrogen-bond donors (Lipinski definition) is 1. The molecule has 0 bridgehead atoms. The molecule has 0 saturated carbocycles. The van der Waals surface area contributed by atoms with Gasteiger partial charge in [0.15, 0.2) is 5.65 Å². The quantitative estimate of drug-likeness (QED) is 0.786. The van der Waals surface area contributed by atoms with E-state index in [1.807, 2.05) is 28.9 Å². The highest BCUT2D eigenvalue weighted by atomic mass is 16.5. The molecule has 0 aliphatic carbocycles. The highest BCUT2D eigenvalue weighted by molar-refractivity contribution is 5.73. The zero-order valence-electron chi connectivity index (χ0n) is 14.1. The van der Waals surface area contributed by atoms with E-state index in [4.69, 9.17) is 9.47 Å². The van der Waals surface area contributed by atoms with Gasteiger partial charge in [-0.1, -0.05) is 18.2 Å². The molecule has 0 spiro atoms. The molecule has 1 unspecified atom stereocenters. The maximum Gasteiger partial charge on any atom is 0.262 e. The van der Waals surface area contributed by atoms with Gasteiger partial charge in [0.25, 0.3) is 5.56 Å². The molecule has 1 fully saturated rings. The van der Waals surface area contributed by atoms with Gasteiger partial charge in [0.1, 0.15) is 17.0 Å². The molecule has 0 amide bonds. The fourth-order valence-corrected chi connectivity index (χ4v) is 3.28. The van der Waals surface area contributed by atoms with Crippen LogP contribution in [0.25, 0.3) is 11.0 Å².